The van der Waals surface area contributed by atoms with Crippen LogP contribution >= 0.6 is 27.5 Å². The molecule has 108 valence electrons. The lowest BCUT2D eigenvalue weighted by Crippen LogP contribution is -2.34. The maximum atomic E-state index is 6.44. The van der Waals surface area contributed by atoms with Crippen molar-refractivity contribution in [3.8, 4) is 0 Å². The molecule has 3 nitrogen and oxygen atoms in total. The molecule has 1 aromatic heterocycles. The number of hydrogen-bond acceptors (Lipinski definition) is 2. The number of aromatic nitrogens is 2. The molecule has 0 aromatic carbocycles. The van der Waals surface area contributed by atoms with Crippen LogP contribution in [0.2, 0.25) is 5.02 Å². The maximum absolute atomic E-state index is 6.44. The predicted octanol–water partition coefficient (Wildman–Crippen LogP) is 3.72. The normalized spacial score (nSPS) is 22.8. The van der Waals surface area contributed by atoms with Crippen molar-refractivity contribution in [2.45, 2.75) is 51.0 Å². The number of alkyl halides is 1. The first-order chi connectivity index (χ1) is 9.05. The van der Waals surface area contributed by atoms with Crippen LogP contribution in [0.4, 0.5) is 0 Å². The molecule has 5 heteroatoms. The molecule has 0 saturated heterocycles. The highest BCUT2D eigenvalue weighted by Crippen LogP contribution is 2.34. The van der Waals surface area contributed by atoms with E-state index >= 15 is 0 Å². The van der Waals surface area contributed by atoms with E-state index in [0.717, 1.165) is 47.5 Å². The lowest BCUT2D eigenvalue weighted by molar-refractivity contribution is 0.204. The van der Waals surface area contributed by atoms with Gasteiger partial charge in [0.1, 0.15) is 0 Å². The van der Waals surface area contributed by atoms with Gasteiger partial charge in [-0.15, -0.1) is 0 Å². The molecule has 0 N–H and O–H groups in total. The number of nitrogens with zero attached hydrogens (tertiary/aromatic N) is 3. The lowest BCUT2D eigenvalue weighted by atomic mass is 9.85. The van der Waals surface area contributed by atoms with E-state index in [2.05, 4.69) is 46.8 Å². The summed E-state index contributed by atoms with van der Waals surface area (Å²) < 4.78 is 2.05. The van der Waals surface area contributed by atoms with Gasteiger partial charge in [0.15, 0.2) is 0 Å². The summed E-state index contributed by atoms with van der Waals surface area (Å²) >= 11 is 10.1. The SMILES string of the molecule is CCc1nn(CC)c(CN(C)CC2CC(Br)C2)c1Cl. The average molecular weight is 349 g/mol. The first-order valence-electron chi connectivity index (χ1n) is 7.11. The summed E-state index contributed by atoms with van der Waals surface area (Å²) in [6.07, 6.45) is 3.49. The standard InChI is InChI=1S/C14H23BrClN3/c1-4-12-14(16)13(19(5-2)17-12)9-18(3)8-10-6-11(15)7-10/h10-11H,4-9H2,1-3H3. The number of aryl methyl sites for hydroxylation is 2. The number of hydrogen-bond donors (Lipinski definition) is 0. The molecule has 1 fully saturated rings. The van der Waals surface area contributed by atoms with E-state index in [1.807, 2.05) is 4.68 Å². The zero-order valence-electron chi connectivity index (χ0n) is 12.0. The van der Waals surface area contributed by atoms with E-state index in [1.165, 1.54) is 18.5 Å². The molecule has 0 spiro atoms. The fourth-order valence-electron chi connectivity index (χ4n) is 2.73. The predicted molar refractivity (Wildman–Crippen MR) is 84.1 cm³/mol. The molecular formula is C14H23BrClN3. The molecule has 19 heavy (non-hydrogen) atoms. The molecule has 1 heterocycles. The van der Waals surface area contributed by atoms with E-state index in [-0.39, 0.29) is 0 Å². The Morgan fingerprint density at radius 2 is 2.11 bits per heavy atom. The van der Waals surface area contributed by atoms with Gasteiger partial charge < -0.3 is 4.90 Å². The Labute approximate surface area is 129 Å². The van der Waals surface area contributed by atoms with Crippen molar-refractivity contribution in [2.24, 2.45) is 5.92 Å². The van der Waals surface area contributed by atoms with Crippen molar-refractivity contribution >= 4 is 27.5 Å². The van der Waals surface area contributed by atoms with Gasteiger partial charge in [0.25, 0.3) is 0 Å². The number of halogens is 2. The third kappa shape index (κ3) is 3.53. The van der Waals surface area contributed by atoms with Crippen LogP contribution in [-0.4, -0.2) is 33.1 Å². The highest BCUT2D eigenvalue weighted by atomic mass is 79.9. The van der Waals surface area contributed by atoms with Crippen LogP contribution in [-0.2, 0) is 19.5 Å². The Bertz CT molecular complexity index is 427. The molecule has 1 aliphatic rings. The van der Waals surface area contributed by atoms with Crippen LogP contribution < -0.4 is 0 Å². The fourth-order valence-corrected chi connectivity index (χ4v) is 4.12. The van der Waals surface area contributed by atoms with Gasteiger partial charge in [0, 0.05) is 24.5 Å². The third-order valence-electron chi connectivity index (χ3n) is 3.86. The van der Waals surface area contributed by atoms with Crippen molar-refractivity contribution in [1.82, 2.24) is 14.7 Å². The van der Waals surface area contributed by atoms with Crippen LogP contribution in [0.5, 0.6) is 0 Å². The minimum Gasteiger partial charge on any atom is -0.300 e. The summed E-state index contributed by atoms with van der Waals surface area (Å²) in [4.78, 5) is 3.11. The third-order valence-corrected chi connectivity index (χ3v) is 5.05. The van der Waals surface area contributed by atoms with E-state index in [4.69, 9.17) is 11.6 Å². The van der Waals surface area contributed by atoms with Gasteiger partial charge in [-0.25, -0.2) is 0 Å². The van der Waals surface area contributed by atoms with Crippen LogP contribution in [0.25, 0.3) is 0 Å². The van der Waals surface area contributed by atoms with Gasteiger partial charge in [0.05, 0.1) is 16.4 Å². The van der Waals surface area contributed by atoms with Crippen molar-refractivity contribution in [3.05, 3.63) is 16.4 Å². The lowest BCUT2D eigenvalue weighted by Gasteiger charge is -2.34. The Morgan fingerprint density at radius 3 is 2.63 bits per heavy atom. The van der Waals surface area contributed by atoms with Crippen molar-refractivity contribution in [2.75, 3.05) is 13.6 Å². The smallest absolute Gasteiger partial charge is 0.0863 e. The van der Waals surface area contributed by atoms with Crippen molar-refractivity contribution in [3.63, 3.8) is 0 Å². The van der Waals surface area contributed by atoms with Gasteiger partial charge in [-0.3, -0.25) is 4.68 Å². The van der Waals surface area contributed by atoms with Crippen LogP contribution in [0.15, 0.2) is 0 Å². The molecule has 0 unspecified atom stereocenters. The molecule has 0 radical (unpaired) electrons. The van der Waals surface area contributed by atoms with Gasteiger partial charge in [-0.2, -0.15) is 5.10 Å². The summed E-state index contributed by atoms with van der Waals surface area (Å²) in [5, 5.41) is 5.44. The summed E-state index contributed by atoms with van der Waals surface area (Å²) in [5.74, 6) is 0.830. The van der Waals surface area contributed by atoms with E-state index < -0.39 is 0 Å². The monoisotopic (exact) mass is 347 g/mol. The Kier molecular flexibility index (Phi) is 5.32. The second-order valence-electron chi connectivity index (χ2n) is 5.51. The van der Waals surface area contributed by atoms with Gasteiger partial charge in [-0.1, -0.05) is 34.5 Å². The second-order valence-corrected chi connectivity index (χ2v) is 7.18. The molecule has 0 aliphatic heterocycles. The van der Waals surface area contributed by atoms with E-state index in [0.29, 0.717) is 0 Å². The Balaban J connectivity index is 1.99. The molecule has 1 saturated carbocycles. The maximum Gasteiger partial charge on any atom is 0.0863 e. The van der Waals surface area contributed by atoms with Crippen LogP contribution in [0.3, 0.4) is 0 Å². The topological polar surface area (TPSA) is 21.1 Å². The molecular weight excluding hydrogens is 326 g/mol. The van der Waals surface area contributed by atoms with Gasteiger partial charge in [-0.05, 0) is 39.2 Å². The van der Waals surface area contributed by atoms with Crippen LogP contribution in [0.1, 0.15) is 38.1 Å². The van der Waals surface area contributed by atoms with Crippen molar-refractivity contribution < 1.29 is 0 Å². The molecule has 1 aliphatic carbocycles. The molecule has 1 aromatic rings. The summed E-state index contributed by atoms with van der Waals surface area (Å²) in [6.45, 7) is 7.15. The van der Waals surface area contributed by atoms with Gasteiger partial charge in [0.2, 0.25) is 0 Å². The molecule has 0 amide bonds. The minimum atomic E-state index is 0.738. The highest BCUT2D eigenvalue weighted by Gasteiger charge is 2.28. The van der Waals surface area contributed by atoms with Crippen molar-refractivity contribution in [1.29, 1.82) is 0 Å². The second kappa shape index (κ2) is 6.59. The first-order valence-corrected chi connectivity index (χ1v) is 8.41. The van der Waals surface area contributed by atoms with E-state index in [1.54, 1.807) is 0 Å². The first kappa shape index (κ1) is 15.3. The zero-order chi connectivity index (χ0) is 14.0. The average Bonchev–Trinajstić information content (AvgIpc) is 2.64. The molecule has 0 bridgehead atoms. The Morgan fingerprint density at radius 1 is 1.42 bits per heavy atom. The highest BCUT2D eigenvalue weighted by molar-refractivity contribution is 9.09. The zero-order valence-corrected chi connectivity index (χ0v) is 14.3. The largest absolute Gasteiger partial charge is 0.300 e. The molecule has 2 rings (SSSR count). The van der Waals surface area contributed by atoms with Crippen LogP contribution in [0, 0.1) is 5.92 Å². The summed E-state index contributed by atoms with van der Waals surface area (Å²) in [6, 6.07) is 0. The minimum absolute atomic E-state index is 0.738. The van der Waals surface area contributed by atoms with E-state index in [9.17, 15) is 0 Å². The molecule has 0 atom stereocenters. The fraction of sp³-hybridized carbons (Fsp3) is 0.786. The Hall–Kier alpha value is -0.0600. The quantitative estimate of drug-likeness (QED) is 0.731. The summed E-state index contributed by atoms with van der Waals surface area (Å²) in [5.41, 5.74) is 2.19. The van der Waals surface area contributed by atoms with Gasteiger partial charge >= 0.3 is 0 Å². The number of rotatable bonds is 6. The summed E-state index contributed by atoms with van der Waals surface area (Å²) in [7, 11) is 2.18.